The summed E-state index contributed by atoms with van der Waals surface area (Å²) in [7, 11) is 1.52. The van der Waals surface area contributed by atoms with Crippen LogP contribution in [0.2, 0.25) is 0 Å². The minimum atomic E-state index is -0.314. The maximum atomic E-state index is 15.3. The van der Waals surface area contributed by atoms with Gasteiger partial charge in [-0.15, -0.1) is 0 Å². The molecule has 3 aromatic rings. The number of ketones is 1. The van der Waals surface area contributed by atoms with Crippen LogP contribution in [-0.2, 0) is 6.42 Å². The average molecular weight is 348 g/mol. The molecule has 3 heteroatoms. The van der Waals surface area contributed by atoms with Crippen LogP contribution in [0.3, 0.4) is 0 Å². The summed E-state index contributed by atoms with van der Waals surface area (Å²) in [5.41, 5.74) is 4.39. The molecule has 3 rings (SSSR count). The van der Waals surface area contributed by atoms with E-state index in [-0.39, 0.29) is 11.6 Å². The highest BCUT2D eigenvalue weighted by Gasteiger charge is 2.17. The second-order valence-corrected chi connectivity index (χ2v) is 6.42. The highest BCUT2D eigenvalue weighted by Crippen LogP contribution is 2.35. The molecule has 0 aliphatic heterocycles. The van der Waals surface area contributed by atoms with Crippen molar-refractivity contribution in [2.75, 3.05) is 7.11 Å². The molecular weight excluding hydrogens is 327 g/mol. The Morgan fingerprint density at radius 1 is 1.04 bits per heavy atom. The van der Waals surface area contributed by atoms with Crippen LogP contribution in [0.1, 0.15) is 34.0 Å². The summed E-state index contributed by atoms with van der Waals surface area (Å²) in [5.74, 6) is 0.0866. The SMILES string of the molecule is COc1ccc(Cc2ccc(C)cc2)c(F)c1-c1cccc(C(C)=O)c1. The maximum absolute atomic E-state index is 15.3. The van der Waals surface area contributed by atoms with E-state index in [0.29, 0.717) is 34.4 Å². The van der Waals surface area contributed by atoms with E-state index in [1.54, 1.807) is 36.4 Å². The van der Waals surface area contributed by atoms with Gasteiger partial charge in [-0.2, -0.15) is 0 Å². The van der Waals surface area contributed by atoms with Gasteiger partial charge in [-0.1, -0.05) is 54.1 Å². The van der Waals surface area contributed by atoms with Gasteiger partial charge in [0.05, 0.1) is 12.7 Å². The van der Waals surface area contributed by atoms with E-state index in [1.807, 2.05) is 31.2 Å². The van der Waals surface area contributed by atoms with Gasteiger partial charge in [0.15, 0.2) is 5.78 Å². The Morgan fingerprint density at radius 2 is 1.77 bits per heavy atom. The minimum absolute atomic E-state index is 0.0537. The molecular formula is C23H21FO2. The molecule has 26 heavy (non-hydrogen) atoms. The number of hydrogen-bond donors (Lipinski definition) is 0. The van der Waals surface area contributed by atoms with Gasteiger partial charge in [-0.05, 0) is 42.7 Å². The molecule has 0 fully saturated rings. The lowest BCUT2D eigenvalue weighted by atomic mass is 9.95. The first-order valence-corrected chi connectivity index (χ1v) is 8.52. The van der Waals surface area contributed by atoms with E-state index in [2.05, 4.69) is 0 Å². The molecule has 0 N–H and O–H groups in total. The first-order chi connectivity index (χ1) is 12.5. The topological polar surface area (TPSA) is 26.3 Å². The second-order valence-electron chi connectivity index (χ2n) is 6.42. The molecule has 132 valence electrons. The molecule has 2 nitrogen and oxygen atoms in total. The van der Waals surface area contributed by atoms with Crippen LogP contribution in [0.5, 0.6) is 5.75 Å². The quantitative estimate of drug-likeness (QED) is 0.561. The van der Waals surface area contributed by atoms with Crippen molar-refractivity contribution in [3.63, 3.8) is 0 Å². The molecule has 0 saturated carbocycles. The van der Waals surface area contributed by atoms with E-state index in [4.69, 9.17) is 4.74 Å². The van der Waals surface area contributed by atoms with Crippen molar-refractivity contribution in [3.8, 4) is 16.9 Å². The summed E-state index contributed by atoms with van der Waals surface area (Å²) in [5, 5.41) is 0. The molecule has 0 unspecified atom stereocenters. The van der Waals surface area contributed by atoms with Gasteiger partial charge in [0, 0.05) is 12.0 Å². The van der Waals surface area contributed by atoms with Gasteiger partial charge in [0.2, 0.25) is 0 Å². The van der Waals surface area contributed by atoms with Crippen LogP contribution in [0.4, 0.5) is 4.39 Å². The molecule has 0 heterocycles. The van der Waals surface area contributed by atoms with E-state index in [1.165, 1.54) is 19.6 Å². The summed E-state index contributed by atoms with van der Waals surface area (Å²) >= 11 is 0. The molecule has 0 amide bonds. The minimum Gasteiger partial charge on any atom is -0.496 e. The number of rotatable bonds is 5. The number of carbonyl (C=O) groups excluding carboxylic acids is 1. The number of methoxy groups -OCH3 is 1. The van der Waals surface area contributed by atoms with Crippen molar-refractivity contribution in [1.29, 1.82) is 0 Å². The van der Waals surface area contributed by atoms with E-state index in [0.717, 1.165) is 5.56 Å². The highest BCUT2D eigenvalue weighted by atomic mass is 19.1. The largest absolute Gasteiger partial charge is 0.496 e. The Kier molecular flexibility index (Phi) is 5.17. The predicted octanol–water partition coefficient (Wildman–Crippen LogP) is 5.60. The van der Waals surface area contributed by atoms with Gasteiger partial charge >= 0.3 is 0 Å². The third-order valence-electron chi connectivity index (χ3n) is 4.48. The van der Waals surface area contributed by atoms with Gasteiger partial charge in [-0.25, -0.2) is 4.39 Å². The lowest BCUT2D eigenvalue weighted by Crippen LogP contribution is -2.00. The fourth-order valence-electron chi connectivity index (χ4n) is 3.00. The highest BCUT2D eigenvalue weighted by molar-refractivity contribution is 5.95. The number of halogens is 1. The summed E-state index contributed by atoms with van der Waals surface area (Å²) in [6.07, 6.45) is 0.496. The first kappa shape index (κ1) is 17.9. The molecule has 0 bridgehead atoms. The Morgan fingerprint density at radius 3 is 2.42 bits per heavy atom. The lowest BCUT2D eigenvalue weighted by Gasteiger charge is -2.14. The molecule has 3 aromatic carbocycles. The Labute approximate surface area is 153 Å². The zero-order valence-corrected chi connectivity index (χ0v) is 15.2. The van der Waals surface area contributed by atoms with Crippen molar-refractivity contribution in [2.45, 2.75) is 20.3 Å². The van der Waals surface area contributed by atoms with Gasteiger partial charge in [0.1, 0.15) is 11.6 Å². The average Bonchev–Trinajstić information content (AvgIpc) is 2.65. The number of Topliss-reactive ketones (excluding diaryl/α,β-unsaturated/α-hetero) is 1. The van der Waals surface area contributed by atoms with Crippen LogP contribution in [0, 0.1) is 12.7 Å². The number of benzene rings is 3. The Hall–Kier alpha value is -2.94. The zero-order valence-electron chi connectivity index (χ0n) is 15.2. The number of hydrogen-bond acceptors (Lipinski definition) is 2. The molecule has 0 aliphatic carbocycles. The summed E-state index contributed by atoms with van der Waals surface area (Å²) < 4.78 is 20.7. The van der Waals surface area contributed by atoms with Crippen LogP contribution >= 0.6 is 0 Å². The molecule has 0 atom stereocenters. The summed E-state index contributed by atoms with van der Waals surface area (Å²) in [6.45, 7) is 3.53. The molecule has 0 aromatic heterocycles. The zero-order chi connectivity index (χ0) is 18.7. The van der Waals surface area contributed by atoms with Gasteiger partial charge in [-0.3, -0.25) is 4.79 Å². The van der Waals surface area contributed by atoms with Crippen molar-refractivity contribution in [2.24, 2.45) is 0 Å². The fourth-order valence-corrected chi connectivity index (χ4v) is 3.00. The van der Waals surface area contributed by atoms with Crippen LogP contribution in [0.25, 0.3) is 11.1 Å². The van der Waals surface area contributed by atoms with Crippen molar-refractivity contribution in [3.05, 3.63) is 88.7 Å². The summed E-state index contributed by atoms with van der Waals surface area (Å²) in [4.78, 5) is 11.7. The smallest absolute Gasteiger partial charge is 0.159 e. The van der Waals surface area contributed by atoms with Gasteiger partial charge in [0.25, 0.3) is 0 Å². The molecule has 0 radical (unpaired) electrons. The number of aryl methyl sites for hydroxylation is 1. The monoisotopic (exact) mass is 348 g/mol. The predicted molar refractivity (Wildman–Crippen MR) is 102 cm³/mol. The van der Waals surface area contributed by atoms with E-state index < -0.39 is 0 Å². The van der Waals surface area contributed by atoms with E-state index in [9.17, 15) is 4.79 Å². The van der Waals surface area contributed by atoms with Crippen LogP contribution in [-0.4, -0.2) is 12.9 Å². The second kappa shape index (κ2) is 7.52. The normalized spacial score (nSPS) is 10.6. The first-order valence-electron chi connectivity index (χ1n) is 8.52. The maximum Gasteiger partial charge on any atom is 0.159 e. The number of ether oxygens (including phenoxy) is 1. The van der Waals surface area contributed by atoms with Crippen LogP contribution in [0.15, 0.2) is 60.7 Å². The Balaban J connectivity index is 2.08. The van der Waals surface area contributed by atoms with Crippen LogP contribution < -0.4 is 4.74 Å². The van der Waals surface area contributed by atoms with Crippen molar-refractivity contribution in [1.82, 2.24) is 0 Å². The molecule has 0 spiro atoms. The van der Waals surface area contributed by atoms with Crippen molar-refractivity contribution < 1.29 is 13.9 Å². The Bertz CT molecular complexity index is 943. The van der Waals surface area contributed by atoms with Gasteiger partial charge < -0.3 is 4.74 Å². The fraction of sp³-hybridized carbons (Fsp3) is 0.174. The molecule has 0 aliphatic rings. The third kappa shape index (κ3) is 3.67. The standard InChI is InChI=1S/C23H21FO2/c1-15-7-9-17(10-8-15)13-20-11-12-21(26-3)22(23(20)24)19-6-4-5-18(14-19)16(2)25/h4-12,14H,13H2,1-3H3. The van der Waals surface area contributed by atoms with Crippen molar-refractivity contribution >= 4 is 5.78 Å². The lowest BCUT2D eigenvalue weighted by molar-refractivity contribution is 0.101. The molecule has 0 saturated heterocycles. The third-order valence-corrected chi connectivity index (χ3v) is 4.48. The van der Waals surface area contributed by atoms with E-state index >= 15 is 4.39 Å². The number of carbonyl (C=O) groups is 1. The summed E-state index contributed by atoms with van der Waals surface area (Å²) in [6, 6.07) is 18.6.